The molecule has 118 valence electrons. The maximum Gasteiger partial charge on any atom is 0.321 e. The number of nitrogen functional groups attached to an aromatic ring is 1. The molecule has 0 radical (unpaired) electrons. The number of benzene rings is 1. The lowest BCUT2D eigenvalue weighted by Gasteiger charge is -2.25. The first kappa shape index (κ1) is 17.3. The van der Waals surface area contributed by atoms with Crippen molar-refractivity contribution in [1.29, 1.82) is 0 Å². The molecule has 0 bridgehead atoms. The first-order valence-corrected chi connectivity index (χ1v) is 7.80. The summed E-state index contributed by atoms with van der Waals surface area (Å²) >= 11 is 0. The quantitative estimate of drug-likeness (QED) is 0.740. The van der Waals surface area contributed by atoms with Crippen molar-refractivity contribution in [2.45, 2.75) is 40.5 Å². The lowest BCUT2D eigenvalue weighted by Crippen LogP contribution is -2.37. The molecule has 21 heavy (non-hydrogen) atoms. The average molecular weight is 291 g/mol. The van der Waals surface area contributed by atoms with Crippen molar-refractivity contribution in [2.24, 2.45) is 11.8 Å². The number of nitrogens with zero attached hydrogens (tertiary/aromatic N) is 1. The standard InChI is InChI=1S/C17H29N3O/c1-13(2)9-11-20(12-10-14(3)4)17(21)19-16-7-5-15(18)6-8-16/h5-8,13-14H,9-12,18H2,1-4H3,(H,19,21). The van der Waals surface area contributed by atoms with E-state index in [0.717, 1.165) is 31.6 Å². The van der Waals surface area contributed by atoms with Crippen LogP contribution in [0, 0.1) is 11.8 Å². The summed E-state index contributed by atoms with van der Waals surface area (Å²) < 4.78 is 0. The van der Waals surface area contributed by atoms with E-state index in [-0.39, 0.29) is 6.03 Å². The van der Waals surface area contributed by atoms with E-state index in [1.54, 1.807) is 12.1 Å². The third kappa shape index (κ3) is 7.02. The minimum absolute atomic E-state index is 0.0268. The largest absolute Gasteiger partial charge is 0.399 e. The average Bonchev–Trinajstić information content (AvgIpc) is 2.40. The predicted octanol–water partition coefficient (Wildman–Crippen LogP) is 4.19. The third-order valence-corrected chi connectivity index (χ3v) is 3.40. The van der Waals surface area contributed by atoms with Crippen molar-refractivity contribution in [1.82, 2.24) is 4.90 Å². The van der Waals surface area contributed by atoms with Gasteiger partial charge < -0.3 is 16.0 Å². The molecule has 3 N–H and O–H groups in total. The smallest absolute Gasteiger partial charge is 0.321 e. The van der Waals surface area contributed by atoms with Crippen molar-refractivity contribution in [2.75, 3.05) is 24.1 Å². The molecule has 2 amide bonds. The Kier molecular flexibility index (Phi) is 7.06. The topological polar surface area (TPSA) is 58.4 Å². The molecule has 0 heterocycles. The van der Waals surface area contributed by atoms with E-state index >= 15 is 0 Å². The van der Waals surface area contributed by atoms with Crippen LogP contribution in [0.25, 0.3) is 0 Å². The highest BCUT2D eigenvalue weighted by molar-refractivity contribution is 5.89. The van der Waals surface area contributed by atoms with Crippen LogP contribution in [-0.2, 0) is 0 Å². The number of urea groups is 1. The monoisotopic (exact) mass is 291 g/mol. The second kappa shape index (κ2) is 8.55. The van der Waals surface area contributed by atoms with Gasteiger partial charge in [-0.25, -0.2) is 4.79 Å². The molecule has 4 nitrogen and oxygen atoms in total. The molecule has 0 aliphatic heterocycles. The van der Waals surface area contributed by atoms with E-state index in [1.165, 1.54) is 0 Å². The van der Waals surface area contributed by atoms with Gasteiger partial charge in [0.1, 0.15) is 0 Å². The van der Waals surface area contributed by atoms with Crippen LogP contribution in [-0.4, -0.2) is 24.0 Å². The molecule has 1 aromatic carbocycles. The molecule has 0 fully saturated rings. The Balaban J connectivity index is 2.62. The molecular formula is C17H29N3O. The highest BCUT2D eigenvalue weighted by Crippen LogP contribution is 2.13. The van der Waals surface area contributed by atoms with Gasteiger partial charge in [0.25, 0.3) is 0 Å². The molecule has 0 saturated heterocycles. The number of nitrogens with two attached hydrogens (primary N) is 1. The van der Waals surface area contributed by atoms with Gasteiger partial charge in [-0.3, -0.25) is 0 Å². The van der Waals surface area contributed by atoms with Crippen LogP contribution in [0.5, 0.6) is 0 Å². The van der Waals surface area contributed by atoms with Crippen molar-refractivity contribution in [3.05, 3.63) is 24.3 Å². The maximum absolute atomic E-state index is 12.4. The first-order chi connectivity index (χ1) is 9.88. The lowest BCUT2D eigenvalue weighted by atomic mass is 10.1. The minimum Gasteiger partial charge on any atom is -0.399 e. The third-order valence-electron chi connectivity index (χ3n) is 3.40. The summed E-state index contributed by atoms with van der Waals surface area (Å²) in [5.74, 6) is 1.19. The zero-order valence-electron chi connectivity index (χ0n) is 13.7. The van der Waals surface area contributed by atoms with Crippen LogP contribution in [0.1, 0.15) is 40.5 Å². The molecule has 0 aliphatic carbocycles. The highest BCUT2D eigenvalue weighted by atomic mass is 16.2. The molecule has 0 aromatic heterocycles. The number of carbonyl (C=O) groups is 1. The number of amides is 2. The van der Waals surface area contributed by atoms with E-state index in [1.807, 2.05) is 17.0 Å². The van der Waals surface area contributed by atoms with Crippen molar-refractivity contribution in [3.63, 3.8) is 0 Å². The van der Waals surface area contributed by atoms with Gasteiger partial charge >= 0.3 is 6.03 Å². The number of anilines is 2. The molecule has 4 heteroatoms. The van der Waals surface area contributed by atoms with Crippen LogP contribution in [0.4, 0.5) is 16.2 Å². The Morgan fingerprint density at radius 2 is 1.52 bits per heavy atom. The Bertz CT molecular complexity index is 414. The second-order valence-corrected chi connectivity index (χ2v) is 6.40. The van der Waals surface area contributed by atoms with Gasteiger partial charge in [-0.15, -0.1) is 0 Å². The Morgan fingerprint density at radius 3 is 1.95 bits per heavy atom. The van der Waals surface area contributed by atoms with Gasteiger partial charge in [-0.05, 0) is 48.9 Å². The number of hydrogen-bond donors (Lipinski definition) is 2. The van der Waals surface area contributed by atoms with Gasteiger partial charge in [-0.1, -0.05) is 27.7 Å². The number of hydrogen-bond acceptors (Lipinski definition) is 2. The van der Waals surface area contributed by atoms with E-state index < -0.39 is 0 Å². The zero-order valence-corrected chi connectivity index (χ0v) is 13.7. The summed E-state index contributed by atoms with van der Waals surface area (Å²) in [6.45, 7) is 10.3. The lowest BCUT2D eigenvalue weighted by molar-refractivity contribution is 0.205. The van der Waals surface area contributed by atoms with Crippen molar-refractivity contribution in [3.8, 4) is 0 Å². The Morgan fingerprint density at radius 1 is 1.05 bits per heavy atom. The van der Waals surface area contributed by atoms with Crippen LogP contribution < -0.4 is 11.1 Å². The van der Waals surface area contributed by atoms with Crippen LogP contribution in [0.3, 0.4) is 0 Å². The summed E-state index contributed by atoms with van der Waals surface area (Å²) in [7, 11) is 0. The first-order valence-electron chi connectivity index (χ1n) is 7.80. The summed E-state index contributed by atoms with van der Waals surface area (Å²) in [6, 6.07) is 7.22. The predicted molar refractivity (Wildman–Crippen MR) is 90.4 cm³/mol. The fraction of sp³-hybridized carbons (Fsp3) is 0.588. The molecule has 1 rings (SSSR count). The van der Waals surface area contributed by atoms with Crippen molar-refractivity contribution >= 4 is 17.4 Å². The van der Waals surface area contributed by atoms with Gasteiger partial charge in [0, 0.05) is 24.5 Å². The highest BCUT2D eigenvalue weighted by Gasteiger charge is 2.14. The normalized spacial score (nSPS) is 11.0. The number of rotatable bonds is 7. The van der Waals surface area contributed by atoms with Gasteiger partial charge in [0.15, 0.2) is 0 Å². The SMILES string of the molecule is CC(C)CCN(CCC(C)C)C(=O)Nc1ccc(N)cc1. The minimum atomic E-state index is -0.0268. The molecule has 0 aliphatic rings. The summed E-state index contributed by atoms with van der Waals surface area (Å²) in [5.41, 5.74) is 7.14. The summed E-state index contributed by atoms with van der Waals surface area (Å²) in [4.78, 5) is 14.3. The second-order valence-electron chi connectivity index (χ2n) is 6.40. The van der Waals surface area contributed by atoms with E-state index in [0.29, 0.717) is 17.5 Å². The zero-order chi connectivity index (χ0) is 15.8. The number of nitrogens with one attached hydrogen (secondary N) is 1. The Labute approximate surface area is 128 Å². The Hall–Kier alpha value is -1.71. The fourth-order valence-corrected chi connectivity index (χ4v) is 1.91. The molecule has 1 aromatic rings. The molecule has 0 atom stereocenters. The van der Waals surface area contributed by atoms with Gasteiger partial charge in [0.2, 0.25) is 0 Å². The van der Waals surface area contributed by atoms with Crippen LogP contribution >= 0.6 is 0 Å². The van der Waals surface area contributed by atoms with Crippen LogP contribution in [0.15, 0.2) is 24.3 Å². The van der Waals surface area contributed by atoms with E-state index in [4.69, 9.17) is 5.73 Å². The van der Waals surface area contributed by atoms with Gasteiger partial charge in [-0.2, -0.15) is 0 Å². The molecule has 0 saturated carbocycles. The van der Waals surface area contributed by atoms with E-state index in [9.17, 15) is 4.79 Å². The summed E-state index contributed by atoms with van der Waals surface area (Å²) in [5, 5.41) is 2.95. The fourth-order valence-electron chi connectivity index (χ4n) is 1.91. The van der Waals surface area contributed by atoms with Gasteiger partial charge in [0.05, 0.1) is 0 Å². The van der Waals surface area contributed by atoms with Crippen molar-refractivity contribution < 1.29 is 4.79 Å². The van der Waals surface area contributed by atoms with Crippen LogP contribution in [0.2, 0.25) is 0 Å². The molecule has 0 spiro atoms. The summed E-state index contributed by atoms with van der Waals surface area (Å²) in [6.07, 6.45) is 2.04. The molecule has 0 unspecified atom stereocenters. The maximum atomic E-state index is 12.4. The number of carbonyl (C=O) groups excluding carboxylic acids is 1. The molecular weight excluding hydrogens is 262 g/mol. The van der Waals surface area contributed by atoms with E-state index in [2.05, 4.69) is 33.0 Å².